The number of hydrogen-bond donors (Lipinski definition) is 2. The van der Waals surface area contributed by atoms with Crippen LogP contribution in [0.4, 0.5) is 16.2 Å². The Labute approximate surface area is 243 Å². The minimum atomic E-state index is -0.980. The first-order valence-corrected chi connectivity index (χ1v) is 13.0. The van der Waals surface area contributed by atoms with Crippen LogP contribution in [-0.2, 0) is 20.7 Å². The molecule has 1 aliphatic heterocycles. The molecule has 3 amide bonds. The Morgan fingerprint density at radius 3 is 2.49 bits per heavy atom. The lowest BCUT2D eigenvalue weighted by Gasteiger charge is -2.35. The Hall–Kier alpha value is -4.81. The number of aromatic nitrogens is 5. The van der Waals surface area contributed by atoms with Gasteiger partial charge in [0.15, 0.2) is 0 Å². The van der Waals surface area contributed by atoms with Gasteiger partial charge in [-0.1, -0.05) is 29.3 Å². The van der Waals surface area contributed by atoms with Crippen molar-refractivity contribution in [2.45, 2.75) is 12.5 Å². The summed E-state index contributed by atoms with van der Waals surface area (Å²) >= 11 is 12.3. The van der Waals surface area contributed by atoms with Gasteiger partial charge in [-0.3, -0.25) is 14.9 Å². The summed E-state index contributed by atoms with van der Waals surface area (Å²) in [6.07, 6.45) is 4.21. The van der Waals surface area contributed by atoms with Gasteiger partial charge in [-0.05, 0) is 65.0 Å². The molecular weight excluding hydrogens is 571 g/mol. The Bertz CT molecular complexity index is 1630. The fraction of sp³-hybridized carbons (Fsp3) is 0.148. The number of halogens is 2. The van der Waals surface area contributed by atoms with E-state index in [0.29, 0.717) is 50.5 Å². The number of tetrazole rings is 1. The van der Waals surface area contributed by atoms with Crippen LogP contribution in [0.15, 0.2) is 67.0 Å². The number of nitrogens with one attached hydrogen (secondary N) is 2. The number of ether oxygens (including phenoxy) is 1. The highest BCUT2D eigenvalue weighted by Gasteiger charge is 2.36. The van der Waals surface area contributed by atoms with Gasteiger partial charge < -0.3 is 15.0 Å². The van der Waals surface area contributed by atoms with Crippen LogP contribution in [0.3, 0.4) is 0 Å². The number of methoxy groups -OCH3 is 1. The first-order valence-electron chi connectivity index (χ1n) is 12.2. The van der Waals surface area contributed by atoms with Gasteiger partial charge in [0.05, 0.1) is 12.8 Å². The van der Waals surface area contributed by atoms with Crippen molar-refractivity contribution in [3.63, 3.8) is 0 Å². The van der Waals surface area contributed by atoms with E-state index in [4.69, 9.17) is 23.2 Å². The van der Waals surface area contributed by atoms with E-state index < -0.39 is 23.9 Å². The fourth-order valence-electron chi connectivity index (χ4n) is 4.39. The molecule has 0 saturated carbocycles. The highest BCUT2D eigenvalue weighted by molar-refractivity contribution is 6.30. The monoisotopic (exact) mass is 592 g/mol. The molecule has 1 unspecified atom stereocenters. The second-order valence-electron chi connectivity index (χ2n) is 8.83. The van der Waals surface area contributed by atoms with Crippen molar-refractivity contribution >= 4 is 58.6 Å². The van der Waals surface area contributed by atoms with E-state index in [1.54, 1.807) is 60.7 Å². The van der Waals surface area contributed by atoms with Crippen LogP contribution in [0.2, 0.25) is 10.2 Å². The van der Waals surface area contributed by atoms with E-state index in [1.807, 2.05) is 0 Å². The third-order valence-corrected chi connectivity index (χ3v) is 6.72. The molecule has 2 aromatic heterocycles. The molecule has 0 aliphatic carbocycles. The number of amides is 3. The number of nitrogens with zero attached hydrogens (tertiary/aromatic N) is 6. The van der Waals surface area contributed by atoms with Gasteiger partial charge in [0.25, 0.3) is 5.91 Å². The molecule has 4 aromatic rings. The predicted molar refractivity (Wildman–Crippen MR) is 152 cm³/mol. The van der Waals surface area contributed by atoms with Crippen LogP contribution in [0.1, 0.15) is 22.9 Å². The van der Waals surface area contributed by atoms with Gasteiger partial charge in [0.2, 0.25) is 5.91 Å². The molecule has 1 atom stereocenters. The molecule has 0 radical (unpaired) electrons. The first-order chi connectivity index (χ1) is 19.8. The molecular formula is C27H22Cl2N8O4. The lowest BCUT2D eigenvalue weighted by atomic mass is 9.95. The third kappa shape index (κ3) is 6.34. The molecule has 0 bridgehead atoms. The Kier molecular flexibility index (Phi) is 8.22. The van der Waals surface area contributed by atoms with E-state index in [-0.39, 0.29) is 6.54 Å². The molecule has 12 nitrogen and oxygen atoms in total. The minimum absolute atomic E-state index is 0.235. The van der Waals surface area contributed by atoms with Crippen molar-refractivity contribution in [3.8, 4) is 5.69 Å². The zero-order chi connectivity index (χ0) is 28.9. The van der Waals surface area contributed by atoms with Crippen LogP contribution < -0.4 is 10.6 Å². The van der Waals surface area contributed by atoms with E-state index >= 15 is 0 Å². The number of carbonyl (C=O) groups excluding carboxylic acids is 3. The molecule has 0 fully saturated rings. The zero-order valence-electron chi connectivity index (χ0n) is 21.5. The largest absolute Gasteiger partial charge is 0.453 e. The van der Waals surface area contributed by atoms with Crippen LogP contribution in [0.25, 0.3) is 11.8 Å². The maximum Gasteiger partial charge on any atom is 0.411 e. The number of rotatable bonds is 6. The molecule has 5 rings (SSSR count). The highest BCUT2D eigenvalue weighted by Crippen LogP contribution is 2.32. The fourth-order valence-corrected chi connectivity index (χ4v) is 4.74. The molecule has 2 N–H and O–H groups in total. The van der Waals surface area contributed by atoms with E-state index in [9.17, 15) is 14.4 Å². The molecule has 208 valence electrons. The topological polar surface area (TPSA) is 144 Å². The first kappa shape index (κ1) is 27.7. The zero-order valence-corrected chi connectivity index (χ0v) is 23.0. The van der Waals surface area contributed by atoms with Gasteiger partial charge in [-0.25, -0.2) is 9.78 Å². The van der Waals surface area contributed by atoms with E-state index in [1.165, 1.54) is 29.1 Å². The SMILES string of the molecule is COC(=O)Nc1ccc(NC(=O)C2c3ccc(Cl)nc3CCN2C(=O)/C=C/c2cc(Cl)ccc2-n2cnnn2)cc1. The quantitative estimate of drug-likeness (QED) is 0.249. The predicted octanol–water partition coefficient (Wildman–Crippen LogP) is 4.32. The third-order valence-electron chi connectivity index (χ3n) is 6.28. The van der Waals surface area contributed by atoms with Gasteiger partial charge in [0.1, 0.15) is 17.5 Å². The molecule has 2 aromatic carbocycles. The second-order valence-corrected chi connectivity index (χ2v) is 9.65. The van der Waals surface area contributed by atoms with Crippen molar-refractivity contribution in [2.24, 2.45) is 0 Å². The lowest BCUT2D eigenvalue weighted by molar-refractivity contribution is -0.135. The minimum Gasteiger partial charge on any atom is -0.453 e. The summed E-state index contributed by atoms with van der Waals surface area (Å²) in [6.45, 7) is 0.235. The number of benzene rings is 2. The molecule has 41 heavy (non-hydrogen) atoms. The van der Waals surface area contributed by atoms with Crippen molar-refractivity contribution in [2.75, 3.05) is 24.3 Å². The molecule has 0 spiro atoms. The van der Waals surface area contributed by atoms with Gasteiger partial charge in [-0.2, -0.15) is 4.68 Å². The Balaban J connectivity index is 1.41. The van der Waals surface area contributed by atoms with Crippen LogP contribution in [0.5, 0.6) is 0 Å². The summed E-state index contributed by atoms with van der Waals surface area (Å²) in [7, 11) is 1.26. The van der Waals surface area contributed by atoms with Crippen LogP contribution in [0, 0.1) is 0 Å². The number of anilines is 2. The van der Waals surface area contributed by atoms with E-state index in [2.05, 4.69) is 35.9 Å². The normalized spacial score (nSPS) is 14.4. The lowest BCUT2D eigenvalue weighted by Crippen LogP contribution is -2.45. The molecule has 3 heterocycles. The summed E-state index contributed by atoms with van der Waals surface area (Å²) in [6, 6.07) is 13.9. The van der Waals surface area contributed by atoms with Crippen LogP contribution in [-0.4, -0.2) is 61.7 Å². The average Bonchev–Trinajstić information content (AvgIpc) is 3.51. The molecule has 0 saturated heterocycles. The Morgan fingerprint density at radius 1 is 1.02 bits per heavy atom. The standard InChI is InChI=1S/C27H22Cl2N8O4/c1-41-27(40)32-19-6-4-18(5-7-19)31-26(39)25-20-8-10-23(29)33-21(20)12-13-36(25)24(38)11-2-16-14-17(28)3-9-22(16)37-15-30-34-35-37/h2-11,14-15,25H,12-13H2,1H3,(H,31,39)(H,32,40)/b11-2+. The number of fused-ring (bicyclic) bond motifs is 1. The van der Waals surface area contributed by atoms with Gasteiger partial charge in [0, 0.05) is 52.3 Å². The van der Waals surface area contributed by atoms with Gasteiger partial charge in [-0.15, -0.1) is 5.10 Å². The number of hydrogen-bond acceptors (Lipinski definition) is 8. The smallest absolute Gasteiger partial charge is 0.411 e. The maximum absolute atomic E-state index is 13.6. The molecule has 1 aliphatic rings. The maximum atomic E-state index is 13.6. The summed E-state index contributed by atoms with van der Waals surface area (Å²) < 4.78 is 6.04. The average molecular weight is 593 g/mol. The van der Waals surface area contributed by atoms with E-state index in [0.717, 1.165) is 0 Å². The van der Waals surface area contributed by atoms with Crippen molar-refractivity contribution in [3.05, 3.63) is 94.0 Å². The van der Waals surface area contributed by atoms with Crippen LogP contribution >= 0.6 is 23.2 Å². The highest BCUT2D eigenvalue weighted by atomic mass is 35.5. The van der Waals surface area contributed by atoms with Crippen molar-refractivity contribution < 1.29 is 19.1 Å². The van der Waals surface area contributed by atoms with Crippen molar-refractivity contribution in [1.29, 1.82) is 0 Å². The summed E-state index contributed by atoms with van der Waals surface area (Å²) in [5.41, 5.74) is 3.38. The number of carbonyl (C=O) groups is 3. The van der Waals surface area contributed by atoms with Gasteiger partial charge >= 0.3 is 6.09 Å². The van der Waals surface area contributed by atoms with Crippen molar-refractivity contribution in [1.82, 2.24) is 30.1 Å². The molecule has 14 heteroatoms. The second kappa shape index (κ2) is 12.1. The summed E-state index contributed by atoms with van der Waals surface area (Å²) in [4.78, 5) is 44.5. The summed E-state index contributed by atoms with van der Waals surface area (Å²) in [5.74, 6) is -0.839. The number of pyridine rings is 1. The summed E-state index contributed by atoms with van der Waals surface area (Å²) in [5, 5.41) is 17.4. The Morgan fingerprint density at radius 2 is 1.78 bits per heavy atom.